The zero-order chi connectivity index (χ0) is 18.1. The number of amides is 1. The van der Waals surface area contributed by atoms with Crippen molar-refractivity contribution in [2.75, 3.05) is 5.32 Å². The number of rotatable bonds is 3. The number of carbonyl (C=O) groups excluding carboxylic acids is 1. The lowest BCUT2D eigenvalue weighted by molar-refractivity contribution is -0.115. The van der Waals surface area contributed by atoms with Gasteiger partial charge in [-0.05, 0) is 41.0 Å². The summed E-state index contributed by atoms with van der Waals surface area (Å²) in [6.45, 7) is 1.90. The van der Waals surface area contributed by atoms with E-state index in [2.05, 4.69) is 10.3 Å². The molecule has 2 N–H and O–H groups in total. The molecular weight excluding hydrogens is 324 g/mol. The molecule has 4 nitrogen and oxygen atoms in total. The smallest absolute Gasteiger partial charge is 0.248 e. The summed E-state index contributed by atoms with van der Waals surface area (Å²) in [4.78, 5) is 27.0. The van der Waals surface area contributed by atoms with Crippen LogP contribution >= 0.6 is 0 Å². The van der Waals surface area contributed by atoms with Crippen molar-refractivity contribution in [1.82, 2.24) is 4.98 Å². The number of benzene rings is 3. The lowest BCUT2D eigenvalue weighted by atomic mass is 10.0. The third-order valence-electron chi connectivity index (χ3n) is 4.56. The van der Waals surface area contributed by atoms with Crippen molar-refractivity contribution in [2.45, 2.75) is 13.3 Å². The number of H-pyrrole nitrogens is 1. The van der Waals surface area contributed by atoms with Crippen molar-refractivity contribution in [3.05, 3.63) is 88.2 Å². The molecular formula is C22H18N2O2. The van der Waals surface area contributed by atoms with E-state index >= 15 is 0 Å². The van der Waals surface area contributed by atoms with E-state index < -0.39 is 0 Å². The first-order valence-electron chi connectivity index (χ1n) is 8.50. The van der Waals surface area contributed by atoms with Crippen LogP contribution in [0.5, 0.6) is 0 Å². The number of anilines is 1. The van der Waals surface area contributed by atoms with Crippen molar-refractivity contribution in [2.24, 2.45) is 0 Å². The van der Waals surface area contributed by atoms with Crippen molar-refractivity contribution < 1.29 is 4.79 Å². The van der Waals surface area contributed by atoms with E-state index in [0.717, 1.165) is 32.8 Å². The van der Waals surface area contributed by atoms with Gasteiger partial charge in [0.25, 0.3) is 0 Å². The molecule has 0 aliphatic rings. The quantitative estimate of drug-likeness (QED) is 0.587. The Balaban J connectivity index is 1.60. The van der Waals surface area contributed by atoms with Gasteiger partial charge < -0.3 is 10.3 Å². The predicted molar refractivity (Wildman–Crippen MR) is 106 cm³/mol. The largest absolute Gasteiger partial charge is 0.326 e. The monoisotopic (exact) mass is 342 g/mol. The first-order chi connectivity index (χ1) is 12.6. The van der Waals surface area contributed by atoms with Crippen LogP contribution in [0.15, 0.2) is 71.5 Å². The molecule has 0 radical (unpaired) electrons. The van der Waals surface area contributed by atoms with Crippen molar-refractivity contribution >= 4 is 33.3 Å². The van der Waals surface area contributed by atoms with Crippen LogP contribution in [-0.2, 0) is 11.2 Å². The normalized spacial score (nSPS) is 11.0. The number of aryl methyl sites for hydroxylation is 1. The molecule has 4 rings (SSSR count). The zero-order valence-electron chi connectivity index (χ0n) is 14.4. The Labute approximate surface area is 150 Å². The molecule has 0 spiro atoms. The van der Waals surface area contributed by atoms with Gasteiger partial charge in [-0.2, -0.15) is 0 Å². The molecule has 0 atom stereocenters. The molecule has 4 heteroatoms. The summed E-state index contributed by atoms with van der Waals surface area (Å²) in [5.41, 5.74) is 3.15. The lowest BCUT2D eigenvalue weighted by Crippen LogP contribution is -2.15. The van der Waals surface area contributed by atoms with Gasteiger partial charge in [0.2, 0.25) is 11.5 Å². The standard InChI is InChI=1S/C22H18N2O2/c1-14-11-21(25)24-20-13-17(9-10-18(14)20)23-22(26)12-16-7-4-6-15-5-2-3-8-19(15)16/h2-11,13H,12H2,1H3,(H,23,26)(H,24,25). The van der Waals surface area contributed by atoms with E-state index in [1.807, 2.05) is 61.5 Å². The maximum atomic E-state index is 12.5. The van der Waals surface area contributed by atoms with Gasteiger partial charge in [0.15, 0.2) is 0 Å². The first kappa shape index (κ1) is 16.1. The minimum atomic E-state index is -0.144. The van der Waals surface area contributed by atoms with Gasteiger partial charge in [-0.25, -0.2) is 0 Å². The van der Waals surface area contributed by atoms with Crippen LogP contribution in [0.25, 0.3) is 21.7 Å². The van der Waals surface area contributed by atoms with Crippen LogP contribution in [0.4, 0.5) is 5.69 Å². The molecule has 0 saturated heterocycles. The van der Waals surface area contributed by atoms with E-state index in [1.165, 1.54) is 0 Å². The second-order valence-corrected chi connectivity index (χ2v) is 6.44. The van der Waals surface area contributed by atoms with Gasteiger partial charge in [-0.3, -0.25) is 9.59 Å². The van der Waals surface area contributed by atoms with Crippen molar-refractivity contribution in [3.8, 4) is 0 Å². The Morgan fingerprint density at radius 2 is 1.77 bits per heavy atom. The van der Waals surface area contributed by atoms with Crippen LogP contribution in [0.2, 0.25) is 0 Å². The molecule has 4 aromatic rings. The van der Waals surface area contributed by atoms with Crippen molar-refractivity contribution in [1.29, 1.82) is 0 Å². The number of fused-ring (bicyclic) bond motifs is 2. The van der Waals surface area contributed by atoms with E-state index in [4.69, 9.17) is 0 Å². The zero-order valence-corrected chi connectivity index (χ0v) is 14.4. The van der Waals surface area contributed by atoms with Crippen LogP contribution in [-0.4, -0.2) is 10.9 Å². The second kappa shape index (κ2) is 6.48. The molecule has 0 unspecified atom stereocenters. The SMILES string of the molecule is Cc1cc(=O)[nH]c2cc(NC(=O)Cc3cccc4ccccc34)ccc12. The third-order valence-corrected chi connectivity index (χ3v) is 4.56. The van der Waals surface area contributed by atoms with Gasteiger partial charge in [-0.15, -0.1) is 0 Å². The molecule has 0 aliphatic carbocycles. The van der Waals surface area contributed by atoms with Crippen LogP contribution < -0.4 is 10.9 Å². The molecule has 0 saturated carbocycles. The number of aromatic amines is 1. The van der Waals surface area contributed by atoms with Gasteiger partial charge in [-0.1, -0.05) is 48.5 Å². The summed E-state index contributed by atoms with van der Waals surface area (Å²) in [6, 6.07) is 21.2. The second-order valence-electron chi connectivity index (χ2n) is 6.44. The minimum Gasteiger partial charge on any atom is -0.326 e. The van der Waals surface area contributed by atoms with Gasteiger partial charge in [0, 0.05) is 17.1 Å². The average Bonchev–Trinajstić information content (AvgIpc) is 2.61. The van der Waals surface area contributed by atoms with Crippen LogP contribution in [0.1, 0.15) is 11.1 Å². The minimum absolute atomic E-state index is 0.0873. The van der Waals surface area contributed by atoms with Crippen molar-refractivity contribution in [3.63, 3.8) is 0 Å². The molecule has 0 bridgehead atoms. The number of carbonyl (C=O) groups is 1. The fourth-order valence-corrected chi connectivity index (χ4v) is 3.34. The summed E-state index contributed by atoms with van der Waals surface area (Å²) in [6.07, 6.45) is 0.295. The van der Waals surface area contributed by atoms with E-state index in [0.29, 0.717) is 12.1 Å². The maximum Gasteiger partial charge on any atom is 0.248 e. The Morgan fingerprint density at radius 3 is 2.65 bits per heavy atom. The number of hydrogen-bond acceptors (Lipinski definition) is 2. The molecule has 26 heavy (non-hydrogen) atoms. The Kier molecular flexibility index (Phi) is 4.01. The molecule has 1 aromatic heterocycles. The van der Waals surface area contributed by atoms with Crippen LogP contribution in [0, 0.1) is 6.92 Å². The van der Waals surface area contributed by atoms with E-state index in [9.17, 15) is 9.59 Å². The number of pyridine rings is 1. The van der Waals surface area contributed by atoms with Gasteiger partial charge in [0.05, 0.1) is 11.9 Å². The number of nitrogens with one attached hydrogen (secondary N) is 2. The number of aromatic nitrogens is 1. The Hall–Kier alpha value is -3.40. The topological polar surface area (TPSA) is 62.0 Å². The highest BCUT2D eigenvalue weighted by Crippen LogP contribution is 2.21. The molecule has 1 heterocycles. The summed E-state index contributed by atoms with van der Waals surface area (Å²) in [5.74, 6) is -0.0873. The van der Waals surface area contributed by atoms with Gasteiger partial charge >= 0.3 is 0 Å². The molecule has 128 valence electrons. The Morgan fingerprint density at radius 1 is 0.962 bits per heavy atom. The molecule has 0 aliphatic heterocycles. The summed E-state index contributed by atoms with van der Waals surface area (Å²) in [7, 11) is 0. The predicted octanol–water partition coefficient (Wildman–Crippen LogP) is 4.17. The highest BCUT2D eigenvalue weighted by atomic mass is 16.1. The van der Waals surface area contributed by atoms with E-state index in [-0.39, 0.29) is 11.5 Å². The highest BCUT2D eigenvalue weighted by molar-refractivity contribution is 5.97. The number of hydrogen-bond donors (Lipinski definition) is 2. The molecule has 0 fully saturated rings. The van der Waals surface area contributed by atoms with Crippen LogP contribution in [0.3, 0.4) is 0 Å². The highest BCUT2D eigenvalue weighted by Gasteiger charge is 2.08. The average molecular weight is 342 g/mol. The van der Waals surface area contributed by atoms with E-state index in [1.54, 1.807) is 12.1 Å². The van der Waals surface area contributed by atoms with Gasteiger partial charge in [0.1, 0.15) is 0 Å². The first-order valence-corrected chi connectivity index (χ1v) is 8.50. The maximum absolute atomic E-state index is 12.5. The molecule has 3 aromatic carbocycles. The summed E-state index contributed by atoms with van der Waals surface area (Å²) >= 11 is 0. The fraction of sp³-hybridized carbons (Fsp3) is 0.0909. The Bertz CT molecular complexity index is 1190. The summed E-state index contributed by atoms with van der Waals surface area (Å²) < 4.78 is 0. The lowest BCUT2D eigenvalue weighted by Gasteiger charge is -2.09. The summed E-state index contributed by atoms with van der Waals surface area (Å²) in [5, 5.41) is 6.10. The fourth-order valence-electron chi connectivity index (χ4n) is 3.34. The third kappa shape index (κ3) is 3.09. The molecule has 1 amide bonds.